The molecule has 5 heteroatoms. The van der Waals surface area contributed by atoms with E-state index in [4.69, 9.17) is 0 Å². The molecule has 3 heterocycles. The maximum Gasteiger partial charge on any atom is 0.164 e. The Balaban J connectivity index is 1.25. The first-order valence-corrected chi connectivity index (χ1v) is 14.5. The van der Waals surface area contributed by atoms with E-state index in [1.54, 1.807) is 11.3 Å². The molecule has 2 aliphatic rings. The number of nitrogens with zero attached hydrogens (tertiary/aromatic N) is 2. The summed E-state index contributed by atoms with van der Waals surface area (Å²) in [5, 5.41) is 2.21. The van der Waals surface area contributed by atoms with Crippen LogP contribution in [-0.2, 0) is 0 Å². The molecule has 35 heavy (non-hydrogen) atoms. The number of rotatable bonds is 10. The number of carbonyl (C=O) groups is 2. The normalized spacial score (nSPS) is 17.8. The van der Waals surface area contributed by atoms with E-state index in [0.717, 1.165) is 57.2 Å². The number of likely N-dealkylation sites (tertiary alicyclic amines) is 2. The Morgan fingerprint density at radius 2 is 1.34 bits per heavy atom. The molecule has 0 N–H and O–H groups in total. The maximum absolute atomic E-state index is 13.1. The SMILES string of the molecule is O=C(CCCN1CCCCC1)c1ccc2sc3c(C(=O)CCCN4CCCCC4)cccc3c2c1. The molecule has 2 aromatic carbocycles. The molecule has 5 rings (SSSR count). The summed E-state index contributed by atoms with van der Waals surface area (Å²) in [5.41, 5.74) is 1.64. The zero-order valence-corrected chi connectivity index (χ0v) is 21.7. The van der Waals surface area contributed by atoms with Crippen LogP contribution in [0.15, 0.2) is 36.4 Å². The van der Waals surface area contributed by atoms with Crippen molar-refractivity contribution in [2.45, 2.75) is 64.2 Å². The number of piperidine rings is 2. The lowest BCUT2D eigenvalue weighted by Crippen LogP contribution is -2.30. The van der Waals surface area contributed by atoms with Crippen molar-refractivity contribution < 1.29 is 9.59 Å². The zero-order valence-electron chi connectivity index (χ0n) is 20.9. The number of fused-ring (bicyclic) bond motifs is 3. The van der Waals surface area contributed by atoms with Crippen LogP contribution < -0.4 is 0 Å². The fourth-order valence-electron chi connectivity index (χ4n) is 5.76. The molecule has 2 aliphatic heterocycles. The molecular weight excluding hydrogens is 452 g/mol. The number of hydrogen-bond acceptors (Lipinski definition) is 5. The van der Waals surface area contributed by atoms with Crippen LogP contribution in [-0.4, -0.2) is 60.6 Å². The van der Waals surface area contributed by atoms with Crippen molar-refractivity contribution in [3.8, 4) is 0 Å². The van der Waals surface area contributed by atoms with E-state index in [1.807, 2.05) is 18.2 Å². The quantitative estimate of drug-likeness (QED) is 0.288. The molecule has 186 valence electrons. The second-order valence-corrected chi connectivity index (χ2v) is 11.4. The average Bonchev–Trinajstić information content (AvgIpc) is 3.28. The van der Waals surface area contributed by atoms with E-state index in [-0.39, 0.29) is 11.6 Å². The third-order valence-electron chi connectivity index (χ3n) is 7.77. The van der Waals surface area contributed by atoms with Gasteiger partial charge in [0.05, 0.1) is 0 Å². The summed E-state index contributed by atoms with van der Waals surface area (Å²) in [6.07, 6.45) is 10.9. The van der Waals surface area contributed by atoms with E-state index in [2.05, 4.69) is 28.0 Å². The zero-order chi connectivity index (χ0) is 24.0. The van der Waals surface area contributed by atoms with Crippen LogP contribution in [0, 0.1) is 0 Å². The summed E-state index contributed by atoms with van der Waals surface area (Å²) in [5.74, 6) is 0.474. The smallest absolute Gasteiger partial charge is 0.164 e. The van der Waals surface area contributed by atoms with Gasteiger partial charge < -0.3 is 9.80 Å². The Morgan fingerprint density at radius 1 is 0.714 bits per heavy atom. The molecule has 3 aromatic rings. The van der Waals surface area contributed by atoms with Gasteiger partial charge in [-0.25, -0.2) is 0 Å². The van der Waals surface area contributed by atoms with Gasteiger partial charge in [-0.3, -0.25) is 9.59 Å². The number of hydrogen-bond donors (Lipinski definition) is 0. The van der Waals surface area contributed by atoms with Crippen LogP contribution in [0.25, 0.3) is 20.2 Å². The van der Waals surface area contributed by atoms with Crippen molar-refractivity contribution in [3.05, 3.63) is 47.5 Å². The van der Waals surface area contributed by atoms with Crippen LogP contribution in [0.3, 0.4) is 0 Å². The predicted octanol–water partition coefficient (Wildman–Crippen LogP) is 6.95. The third kappa shape index (κ3) is 6.02. The fourth-order valence-corrected chi connectivity index (χ4v) is 6.98. The average molecular weight is 491 g/mol. The van der Waals surface area contributed by atoms with Gasteiger partial charge in [-0.15, -0.1) is 11.3 Å². The first kappa shape index (κ1) is 24.6. The Hall–Kier alpha value is -2.08. The molecule has 0 amide bonds. The van der Waals surface area contributed by atoms with Crippen molar-refractivity contribution in [2.24, 2.45) is 0 Å². The molecule has 1 aromatic heterocycles. The van der Waals surface area contributed by atoms with Gasteiger partial charge >= 0.3 is 0 Å². The van der Waals surface area contributed by atoms with Crippen molar-refractivity contribution in [2.75, 3.05) is 39.3 Å². The predicted molar refractivity (Wildman–Crippen MR) is 147 cm³/mol. The highest BCUT2D eigenvalue weighted by molar-refractivity contribution is 7.26. The molecule has 2 fully saturated rings. The lowest BCUT2D eigenvalue weighted by Gasteiger charge is -2.26. The fraction of sp³-hybridized carbons (Fsp3) is 0.533. The van der Waals surface area contributed by atoms with Gasteiger partial charge in [-0.2, -0.15) is 0 Å². The minimum atomic E-state index is 0.230. The van der Waals surface area contributed by atoms with Gasteiger partial charge in [-0.05, 0) is 102 Å². The molecular formula is C30H38N2O2S. The number of carbonyl (C=O) groups excluding carboxylic acids is 2. The highest BCUT2D eigenvalue weighted by Crippen LogP contribution is 2.37. The van der Waals surface area contributed by atoms with E-state index in [0.29, 0.717) is 12.8 Å². The second-order valence-electron chi connectivity index (χ2n) is 10.4. The summed E-state index contributed by atoms with van der Waals surface area (Å²) in [4.78, 5) is 31.1. The molecule has 4 nitrogen and oxygen atoms in total. The number of Topliss-reactive ketones (excluding diaryl/α,β-unsaturated/α-hetero) is 2. The molecule has 0 radical (unpaired) electrons. The monoisotopic (exact) mass is 490 g/mol. The number of thiophene rings is 1. The van der Waals surface area contributed by atoms with Gasteiger partial charge in [0, 0.05) is 44.1 Å². The molecule has 0 saturated carbocycles. The van der Waals surface area contributed by atoms with Crippen molar-refractivity contribution >= 4 is 43.1 Å². The summed E-state index contributed by atoms with van der Waals surface area (Å²) in [6, 6.07) is 12.2. The van der Waals surface area contributed by atoms with Gasteiger partial charge in [-0.1, -0.05) is 25.0 Å². The maximum atomic E-state index is 13.1. The Kier molecular flexibility index (Phi) is 8.27. The molecule has 0 bridgehead atoms. The first-order chi connectivity index (χ1) is 17.2. The molecule has 2 saturated heterocycles. The van der Waals surface area contributed by atoms with E-state index < -0.39 is 0 Å². The first-order valence-electron chi connectivity index (χ1n) is 13.7. The van der Waals surface area contributed by atoms with E-state index in [9.17, 15) is 9.59 Å². The Morgan fingerprint density at radius 3 is 2.00 bits per heavy atom. The summed E-state index contributed by atoms with van der Waals surface area (Å²) >= 11 is 1.69. The topological polar surface area (TPSA) is 40.6 Å². The number of ketones is 2. The lowest BCUT2D eigenvalue weighted by molar-refractivity contribution is 0.0966. The van der Waals surface area contributed by atoms with Crippen LogP contribution >= 0.6 is 11.3 Å². The lowest BCUT2D eigenvalue weighted by atomic mass is 10.0. The van der Waals surface area contributed by atoms with Gasteiger partial charge in [0.1, 0.15) is 0 Å². The molecule has 0 unspecified atom stereocenters. The van der Waals surface area contributed by atoms with Crippen LogP contribution in [0.4, 0.5) is 0 Å². The summed E-state index contributed by atoms with van der Waals surface area (Å²) in [7, 11) is 0. The minimum Gasteiger partial charge on any atom is -0.303 e. The number of benzene rings is 2. The standard InChI is InChI=1S/C30H38N2O2S/c33-27(12-8-20-31-16-3-1-4-17-31)23-14-15-29-26(22-23)24-10-7-11-25(30(24)35-29)28(34)13-9-21-32-18-5-2-6-19-32/h7,10-11,14-15,22H,1-6,8-9,12-13,16-21H2. The van der Waals surface area contributed by atoms with E-state index in [1.165, 1.54) is 64.7 Å². The summed E-state index contributed by atoms with van der Waals surface area (Å²) < 4.78 is 2.22. The molecule has 0 atom stereocenters. The molecule has 0 spiro atoms. The minimum absolute atomic E-state index is 0.230. The van der Waals surface area contributed by atoms with Gasteiger partial charge in [0.15, 0.2) is 11.6 Å². The van der Waals surface area contributed by atoms with Crippen molar-refractivity contribution in [1.29, 1.82) is 0 Å². The van der Waals surface area contributed by atoms with Gasteiger partial charge in [0.2, 0.25) is 0 Å². The van der Waals surface area contributed by atoms with Crippen molar-refractivity contribution in [3.63, 3.8) is 0 Å². The third-order valence-corrected chi connectivity index (χ3v) is 8.99. The molecule has 0 aliphatic carbocycles. The summed E-state index contributed by atoms with van der Waals surface area (Å²) in [6.45, 7) is 6.77. The van der Waals surface area contributed by atoms with Crippen LogP contribution in [0.2, 0.25) is 0 Å². The second kappa shape index (κ2) is 11.8. The van der Waals surface area contributed by atoms with Crippen LogP contribution in [0.1, 0.15) is 84.9 Å². The largest absolute Gasteiger partial charge is 0.303 e. The highest BCUT2D eigenvalue weighted by Gasteiger charge is 2.17. The van der Waals surface area contributed by atoms with Crippen molar-refractivity contribution in [1.82, 2.24) is 9.80 Å². The Labute approximate surface area is 213 Å². The van der Waals surface area contributed by atoms with Crippen LogP contribution in [0.5, 0.6) is 0 Å². The van der Waals surface area contributed by atoms with Gasteiger partial charge in [0.25, 0.3) is 0 Å². The Bertz CT molecular complexity index is 1170. The van der Waals surface area contributed by atoms with E-state index >= 15 is 0 Å². The highest BCUT2D eigenvalue weighted by atomic mass is 32.1.